The molecule has 29 nitrogen and oxygen atoms in total. The molecular formula is C83H142N3O26+. The Bertz CT molecular complexity index is 2660. The van der Waals surface area contributed by atoms with Gasteiger partial charge in [0.25, 0.3) is 0 Å². The number of nitrogens with one attached hydrogen (secondary N) is 1. The SMILES string of the molecule is COCCOCCOCCOCCOCCOCCOCCOCCOCCOCCOCCOCCOCCOCCOCCOCCOCCOCCOCCOCCOCCOCCOCCCNC(=O)CCCCC[N+]1=C(/C=C/C=C2/N(CCCCCC(=O)O)c3ccccc3C2(C)C)C(C)(C)c2ccccc21. The zero-order valence-electron chi connectivity index (χ0n) is 68.7. The number of allylic oxidation sites excluding steroid dienone is 4. The number of aliphatic carboxylic acids is 1. The topological polar surface area (TPSA) is 285 Å². The van der Waals surface area contributed by atoms with Crippen LogP contribution in [0.5, 0.6) is 0 Å². The molecule has 0 fully saturated rings. The maximum atomic E-state index is 12.7. The summed E-state index contributed by atoms with van der Waals surface area (Å²) in [6.07, 6.45) is 13.5. The van der Waals surface area contributed by atoms with E-state index in [1.165, 1.54) is 33.9 Å². The van der Waals surface area contributed by atoms with Crippen molar-refractivity contribution in [2.45, 2.75) is 96.3 Å². The monoisotopic (exact) mass is 1600 g/mol. The Labute approximate surface area is 668 Å². The molecular weight excluding hydrogens is 1450 g/mol. The first kappa shape index (κ1) is 99.8. The van der Waals surface area contributed by atoms with Crippen molar-refractivity contribution >= 4 is 29.0 Å². The van der Waals surface area contributed by atoms with E-state index in [1.54, 1.807) is 7.11 Å². The first-order valence-corrected chi connectivity index (χ1v) is 40.8. The molecule has 2 aromatic rings. The smallest absolute Gasteiger partial charge is 0.303 e. The Kier molecular flexibility index (Phi) is 62.9. The highest BCUT2D eigenvalue weighted by Crippen LogP contribution is 2.48. The van der Waals surface area contributed by atoms with Gasteiger partial charge in [-0.1, -0.05) is 62.7 Å². The number of hydrogen-bond acceptors (Lipinski definition) is 26. The van der Waals surface area contributed by atoms with E-state index >= 15 is 0 Å². The third-order valence-corrected chi connectivity index (χ3v) is 17.7. The lowest BCUT2D eigenvalue weighted by Gasteiger charge is -2.27. The van der Waals surface area contributed by atoms with Crippen LogP contribution in [0.4, 0.5) is 11.4 Å². The Morgan fingerprint density at radius 1 is 0.366 bits per heavy atom. The quantitative estimate of drug-likeness (QED) is 0.0468. The fraction of sp³-hybridized carbons (Fsp3) is 0.771. The number of fused-ring (bicyclic) bond motifs is 2. The molecule has 0 bridgehead atoms. The number of rotatable bonds is 84. The normalized spacial score (nSPS) is 14.1. The van der Waals surface area contributed by atoms with Crippen molar-refractivity contribution < 1.29 is 128 Å². The van der Waals surface area contributed by atoms with Gasteiger partial charge in [0.15, 0.2) is 5.71 Å². The van der Waals surface area contributed by atoms with Crippen molar-refractivity contribution in [2.75, 3.05) is 329 Å². The molecule has 0 saturated carbocycles. The number of para-hydroxylation sites is 2. The number of ether oxygens (including phenoxy) is 23. The molecule has 0 aliphatic carbocycles. The van der Waals surface area contributed by atoms with Crippen molar-refractivity contribution in [3.8, 4) is 0 Å². The number of methoxy groups -OCH3 is 1. The molecule has 0 aromatic heterocycles. The van der Waals surface area contributed by atoms with Gasteiger partial charge in [0.2, 0.25) is 11.6 Å². The number of carboxylic acids is 1. The van der Waals surface area contributed by atoms with Crippen LogP contribution >= 0.6 is 0 Å². The zero-order valence-corrected chi connectivity index (χ0v) is 68.7. The Morgan fingerprint density at radius 3 is 1.04 bits per heavy atom. The molecule has 0 radical (unpaired) electrons. The Hall–Kier alpha value is -4.59. The van der Waals surface area contributed by atoms with E-state index in [9.17, 15) is 9.59 Å². The van der Waals surface area contributed by atoms with E-state index in [1.807, 2.05) is 0 Å². The first-order valence-electron chi connectivity index (χ1n) is 40.8. The molecule has 2 heterocycles. The summed E-state index contributed by atoms with van der Waals surface area (Å²) in [4.78, 5) is 26.3. The number of unbranched alkanes of at least 4 members (excludes halogenated alkanes) is 4. The molecule has 0 spiro atoms. The van der Waals surface area contributed by atoms with E-state index in [4.69, 9.17) is 114 Å². The third kappa shape index (κ3) is 50.1. The highest BCUT2D eigenvalue weighted by Gasteiger charge is 2.44. The van der Waals surface area contributed by atoms with E-state index in [0.717, 1.165) is 51.6 Å². The number of carbonyl (C=O) groups excluding carboxylic acids is 1. The number of hydrogen-bond donors (Lipinski definition) is 2. The van der Waals surface area contributed by atoms with E-state index in [0.29, 0.717) is 317 Å². The summed E-state index contributed by atoms with van der Waals surface area (Å²) in [5.41, 5.74) is 7.25. The van der Waals surface area contributed by atoms with Gasteiger partial charge in [-0.2, -0.15) is 4.58 Å². The summed E-state index contributed by atoms with van der Waals surface area (Å²) in [7, 11) is 1.64. The van der Waals surface area contributed by atoms with Crippen LogP contribution in [0.2, 0.25) is 0 Å². The van der Waals surface area contributed by atoms with Crippen LogP contribution in [0.3, 0.4) is 0 Å². The van der Waals surface area contributed by atoms with Crippen LogP contribution in [-0.2, 0) is 129 Å². The summed E-state index contributed by atoms with van der Waals surface area (Å²) in [6.45, 7) is 33.6. The number of benzene rings is 2. The Balaban J connectivity index is 0.777. The number of anilines is 1. The molecule has 29 heteroatoms. The predicted octanol–water partition coefficient (Wildman–Crippen LogP) is 8.02. The van der Waals surface area contributed by atoms with Crippen LogP contribution in [-0.4, -0.2) is 351 Å². The molecule has 2 N–H and O–H groups in total. The maximum absolute atomic E-state index is 12.7. The molecule has 4 rings (SSSR count). The van der Waals surface area contributed by atoms with E-state index in [2.05, 4.69) is 109 Å². The van der Waals surface area contributed by atoms with E-state index < -0.39 is 5.97 Å². The van der Waals surface area contributed by atoms with Gasteiger partial charge in [-0.25, -0.2) is 0 Å². The number of carbonyl (C=O) groups is 2. The largest absolute Gasteiger partial charge is 0.481 e. The number of carboxylic acid groups (broad SMARTS) is 1. The second-order valence-electron chi connectivity index (χ2n) is 27.1. The van der Waals surface area contributed by atoms with Crippen LogP contribution in [0.25, 0.3) is 0 Å². The van der Waals surface area contributed by atoms with Crippen LogP contribution in [0, 0.1) is 0 Å². The number of nitrogens with zero attached hydrogens (tertiary/aromatic N) is 2. The summed E-state index contributed by atoms with van der Waals surface area (Å²) >= 11 is 0. The standard InChI is InChI=1S/C83H141N3O26/c1-82(2)74-18-10-12-20-76(74)85(78(82)22-16-23-79-83(3,4)75-19-11-13-21-77(75)86(79)28-15-7-9-25-81(88)89)27-14-6-8-24-80(87)84-26-17-29-91-32-33-93-36-37-95-40-41-97-44-45-99-48-49-101-52-53-103-56-57-105-60-61-107-64-65-109-68-69-111-72-73-112-71-70-110-67-66-108-63-62-106-59-58-104-55-54-102-51-50-100-47-46-98-43-42-96-39-38-94-35-34-92-31-30-90-5/h10-13,16,18-23H,6-9,14-15,17,24-73H2,1-5H3,(H-,84,87,88,89)/p+1. The fourth-order valence-electron chi connectivity index (χ4n) is 11.8. The van der Waals surface area contributed by atoms with Gasteiger partial charge in [0.05, 0.1) is 296 Å². The summed E-state index contributed by atoms with van der Waals surface area (Å²) < 4.78 is 129. The van der Waals surface area contributed by atoms with Crippen LogP contribution in [0.15, 0.2) is 72.5 Å². The molecule has 2 aromatic carbocycles. The lowest BCUT2D eigenvalue weighted by atomic mass is 9.81. The second kappa shape index (κ2) is 70.6. The lowest BCUT2D eigenvalue weighted by Crippen LogP contribution is -2.28. The highest BCUT2D eigenvalue weighted by atomic mass is 16.6. The fourth-order valence-corrected chi connectivity index (χ4v) is 11.8. The summed E-state index contributed by atoms with van der Waals surface area (Å²) in [5, 5.41) is 12.2. The van der Waals surface area contributed by atoms with Gasteiger partial charge in [-0.05, 0) is 63.7 Å². The molecule has 644 valence electrons. The predicted molar refractivity (Wildman–Crippen MR) is 425 cm³/mol. The van der Waals surface area contributed by atoms with Gasteiger partial charge in [-0.15, -0.1) is 0 Å². The molecule has 0 saturated heterocycles. The van der Waals surface area contributed by atoms with Crippen molar-refractivity contribution in [3.63, 3.8) is 0 Å². The van der Waals surface area contributed by atoms with E-state index in [-0.39, 0.29) is 23.2 Å². The molecule has 112 heavy (non-hydrogen) atoms. The van der Waals surface area contributed by atoms with Crippen molar-refractivity contribution in [2.24, 2.45) is 0 Å². The molecule has 0 atom stereocenters. The summed E-state index contributed by atoms with van der Waals surface area (Å²) in [6, 6.07) is 17.3. The average Bonchev–Trinajstić information content (AvgIpc) is 1.60. The van der Waals surface area contributed by atoms with Crippen molar-refractivity contribution in [1.29, 1.82) is 0 Å². The van der Waals surface area contributed by atoms with Gasteiger partial charge >= 0.3 is 5.97 Å². The minimum Gasteiger partial charge on any atom is -0.481 e. The summed E-state index contributed by atoms with van der Waals surface area (Å²) in [5.74, 6) is -0.662. The van der Waals surface area contributed by atoms with Crippen molar-refractivity contribution in [1.82, 2.24) is 5.32 Å². The van der Waals surface area contributed by atoms with Gasteiger partial charge in [0, 0.05) is 80.6 Å². The molecule has 0 unspecified atom stereocenters. The van der Waals surface area contributed by atoms with Crippen LogP contribution < -0.4 is 10.2 Å². The first-order chi connectivity index (χ1) is 55.1. The molecule has 1 amide bonds. The Morgan fingerprint density at radius 2 is 0.679 bits per heavy atom. The van der Waals surface area contributed by atoms with Gasteiger partial charge < -0.3 is 124 Å². The van der Waals surface area contributed by atoms with Crippen LogP contribution in [0.1, 0.15) is 96.6 Å². The molecule has 2 aliphatic rings. The van der Waals surface area contributed by atoms with Gasteiger partial charge in [0.1, 0.15) is 6.54 Å². The third-order valence-electron chi connectivity index (χ3n) is 17.7. The maximum Gasteiger partial charge on any atom is 0.303 e. The van der Waals surface area contributed by atoms with Crippen molar-refractivity contribution in [3.05, 3.63) is 83.6 Å². The highest BCUT2D eigenvalue weighted by molar-refractivity contribution is 6.03. The number of amides is 1. The second-order valence-corrected chi connectivity index (χ2v) is 27.1. The minimum absolute atomic E-state index is 0.0747. The minimum atomic E-state index is -0.737. The molecule has 2 aliphatic heterocycles. The van der Waals surface area contributed by atoms with Gasteiger partial charge in [-0.3, -0.25) is 9.59 Å². The zero-order chi connectivity index (χ0) is 79.8. The lowest BCUT2D eigenvalue weighted by molar-refractivity contribution is -0.438. The average molecular weight is 1600 g/mol.